The lowest BCUT2D eigenvalue weighted by molar-refractivity contribution is -0.130. The second-order valence-corrected chi connectivity index (χ2v) is 4.36. The summed E-state index contributed by atoms with van der Waals surface area (Å²) in [5.41, 5.74) is 6.28. The van der Waals surface area contributed by atoms with Gasteiger partial charge in [-0.25, -0.2) is 0 Å². The van der Waals surface area contributed by atoms with E-state index in [9.17, 15) is 9.59 Å². The van der Waals surface area contributed by atoms with Crippen LogP contribution in [0, 0.1) is 0 Å². The van der Waals surface area contributed by atoms with Crippen LogP contribution < -0.4 is 11.1 Å². The number of nitrogens with one attached hydrogen (secondary N) is 1. The SMILES string of the molecule is CCN(CC)C(=O)CCNC(=O)c1nn(CC)cc1N. The Hall–Kier alpha value is -2.05. The van der Waals surface area contributed by atoms with Gasteiger partial charge in [-0.05, 0) is 20.8 Å². The summed E-state index contributed by atoms with van der Waals surface area (Å²) in [6, 6.07) is 0. The van der Waals surface area contributed by atoms with Gasteiger partial charge >= 0.3 is 0 Å². The van der Waals surface area contributed by atoms with E-state index in [1.807, 2.05) is 20.8 Å². The molecule has 0 saturated carbocycles. The second kappa shape index (κ2) is 7.52. The van der Waals surface area contributed by atoms with Crippen molar-refractivity contribution in [3.63, 3.8) is 0 Å². The Labute approximate surface area is 119 Å². The van der Waals surface area contributed by atoms with Gasteiger partial charge in [0.1, 0.15) is 0 Å². The fourth-order valence-corrected chi connectivity index (χ4v) is 1.88. The van der Waals surface area contributed by atoms with Crippen LogP contribution in [0.25, 0.3) is 0 Å². The monoisotopic (exact) mass is 281 g/mol. The van der Waals surface area contributed by atoms with Gasteiger partial charge < -0.3 is 16.0 Å². The predicted molar refractivity (Wildman–Crippen MR) is 77.2 cm³/mol. The average molecular weight is 281 g/mol. The third kappa shape index (κ3) is 3.97. The number of carbonyl (C=O) groups excluding carboxylic acids is 2. The summed E-state index contributed by atoms with van der Waals surface area (Å²) < 4.78 is 1.60. The van der Waals surface area contributed by atoms with Crippen LogP contribution in [-0.2, 0) is 11.3 Å². The van der Waals surface area contributed by atoms with Gasteiger partial charge in [0.2, 0.25) is 5.91 Å². The summed E-state index contributed by atoms with van der Waals surface area (Å²) in [5, 5.41) is 6.75. The van der Waals surface area contributed by atoms with E-state index < -0.39 is 0 Å². The average Bonchev–Trinajstić information content (AvgIpc) is 2.81. The van der Waals surface area contributed by atoms with Crippen molar-refractivity contribution < 1.29 is 9.59 Å². The molecule has 1 aromatic heterocycles. The maximum Gasteiger partial charge on any atom is 0.273 e. The Morgan fingerprint density at radius 3 is 2.50 bits per heavy atom. The predicted octanol–water partition coefficient (Wildman–Crippen LogP) is 0.474. The summed E-state index contributed by atoms with van der Waals surface area (Å²) in [6.45, 7) is 8.06. The molecule has 0 aliphatic carbocycles. The molecule has 112 valence electrons. The van der Waals surface area contributed by atoms with Crippen LogP contribution in [0.3, 0.4) is 0 Å². The molecule has 1 rings (SSSR count). The quantitative estimate of drug-likeness (QED) is 0.760. The molecule has 20 heavy (non-hydrogen) atoms. The standard InChI is InChI=1S/C13H23N5O2/c1-4-17(5-2)11(19)7-8-15-13(20)12-10(14)9-18(6-3)16-12/h9H,4-8,14H2,1-3H3,(H,15,20). The molecule has 0 fully saturated rings. The lowest BCUT2D eigenvalue weighted by Gasteiger charge is -2.18. The summed E-state index contributed by atoms with van der Waals surface area (Å²) in [6.07, 6.45) is 1.90. The zero-order valence-electron chi connectivity index (χ0n) is 12.3. The first-order valence-electron chi connectivity index (χ1n) is 6.92. The number of carbonyl (C=O) groups is 2. The summed E-state index contributed by atoms with van der Waals surface area (Å²) in [7, 11) is 0. The minimum atomic E-state index is -0.345. The molecule has 1 aromatic rings. The number of nitrogens with two attached hydrogens (primary N) is 1. The highest BCUT2D eigenvalue weighted by Gasteiger charge is 2.15. The van der Waals surface area contributed by atoms with E-state index >= 15 is 0 Å². The molecule has 0 saturated heterocycles. The smallest absolute Gasteiger partial charge is 0.273 e. The highest BCUT2D eigenvalue weighted by molar-refractivity contribution is 5.97. The maximum atomic E-state index is 11.9. The Morgan fingerprint density at radius 1 is 1.35 bits per heavy atom. The number of aryl methyl sites for hydroxylation is 1. The Balaban J connectivity index is 2.47. The first-order chi connectivity index (χ1) is 9.53. The Bertz CT molecular complexity index is 465. The molecule has 0 aliphatic rings. The topological polar surface area (TPSA) is 93.2 Å². The molecule has 0 bridgehead atoms. The lowest BCUT2D eigenvalue weighted by atomic mass is 10.3. The van der Waals surface area contributed by atoms with Crippen LogP contribution in [-0.4, -0.2) is 46.1 Å². The minimum Gasteiger partial charge on any atom is -0.396 e. The molecule has 0 atom stereocenters. The molecular formula is C13H23N5O2. The van der Waals surface area contributed by atoms with Crippen molar-refractivity contribution >= 4 is 17.5 Å². The normalized spacial score (nSPS) is 10.3. The van der Waals surface area contributed by atoms with Gasteiger partial charge in [0.25, 0.3) is 5.91 Å². The number of nitrogens with zero attached hydrogens (tertiary/aromatic N) is 3. The summed E-state index contributed by atoms with van der Waals surface area (Å²) in [5.74, 6) is -0.315. The van der Waals surface area contributed by atoms with Crippen LogP contribution in [0.4, 0.5) is 5.69 Å². The zero-order valence-corrected chi connectivity index (χ0v) is 12.3. The fourth-order valence-electron chi connectivity index (χ4n) is 1.88. The van der Waals surface area contributed by atoms with Crippen molar-refractivity contribution in [2.24, 2.45) is 0 Å². The number of amides is 2. The number of aromatic nitrogens is 2. The fraction of sp³-hybridized carbons (Fsp3) is 0.615. The highest BCUT2D eigenvalue weighted by Crippen LogP contribution is 2.08. The lowest BCUT2D eigenvalue weighted by Crippen LogP contribution is -2.34. The van der Waals surface area contributed by atoms with E-state index in [2.05, 4.69) is 10.4 Å². The third-order valence-corrected chi connectivity index (χ3v) is 3.07. The highest BCUT2D eigenvalue weighted by atomic mass is 16.2. The van der Waals surface area contributed by atoms with E-state index in [-0.39, 0.29) is 30.5 Å². The largest absolute Gasteiger partial charge is 0.396 e. The maximum absolute atomic E-state index is 11.9. The van der Waals surface area contributed by atoms with Gasteiger partial charge in [-0.2, -0.15) is 5.10 Å². The van der Waals surface area contributed by atoms with Gasteiger partial charge in [-0.3, -0.25) is 14.3 Å². The van der Waals surface area contributed by atoms with Gasteiger partial charge in [-0.15, -0.1) is 0 Å². The van der Waals surface area contributed by atoms with Crippen molar-refractivity contribution in [2.45, 2.75) is 33.7 Å². The van der Waals surface area contributed by atoms with E-state index in [0.717, 1.165) is 0 Å². The van der Waals surface area contributed by atoms with E-state index in [4.69, 9.17) is 5.73 Å². The van der Waals surface area contributed by atoms with Crippen LogP contribution in [0.5, 0.6) is 0 Å². The molecule has 0 spiro atoms. The van der Waals surface area contributed by atoms with Crippen molar-refractivity contribution in [3.05, 3.63) is 11.9 Å². The third-order valence-electron chi connectivity index (χ3n) is 3.07. The van der Waals surface area contributed by atoms with Crippen molar-refractivity contribution in [3.8, 4) is 0 Å². The Kier molecular flexibility index (Phi) is 6.02. The van der Waals surface area contributed by atoms with Crippen molar-refractivity contribution in [1.82, 2.24) is 20.0 Å². The molecule has 2 amide bonds. The minimum absolute atomic E-state index is 0.0300. The molecule has 7 nitrogen and oxygen atoms in total. The molecule has 0 aliphatic heterocycles. The number of anilines is 1. The molecule has 7 heteroatoms. The molecule has 0 radical (unpaired) electrons. The van der Waals surface area contributed by atoms with Crippen molar-refractivity contribution in [2.75, 3.05) is 25.4 Å². The van der Waals surface area contributed by atoms with E-state index in [0.29, 0.717) is 25.3 Å². The van der Waals surface area contributed by atoms with Crippen LogP contribution in [0.15, 0.2) is 6.20 Å². The number of hydrogen-bond donors (Lipinski definition) is 2. The zero-order chi connectivity index (χ0) is 15.1. The molecule has 0 unspecified atom stereocenters. The molecule has 0 aromatic carbocycles. The van der Waals surface area contributed by atoms with Gasteiger partial charge in [0.15, 0.2) is 5.69 Å². The van der Waals surface area contributed by atoms with Gasteiger partial charge in [0, 0.05) is 38.8 Å². The van der Waals surface area contributed by atoms with Crippen LogP contribution in [0.1, 0.15) is 37.7 Å². The summed E-state index contributed by atoms with van der Waals surface area (Å²) >= 11 is 0. The number of rotatable bonds is 7. The number of hydrogen-bond acceptors (Lipinski definition) is 4. The van der Waals surface area contributed by atoms with Crippen LogP contribution in [0.2, 0.25) is 0 Å². The van der Waals surface area contributed by atoms with E-state index in [1.165, 1.54) is 0 Å². The number of nitrogen functional groups attached to an aromatic ring is 1. The first kappa shape index (κ1) is 16.0. The van der Waals surface area contributed by atoms with E-state index in [1.54, 1.807) is 15.8 Å². The Morgan fingerprint density at radius 2 is 2.00 bits per heavy atom. The van der Waals surface area contributed by atoms with Gasteiger partial charge in [-0.1, -0.05) is 0 Å². The van der Waals surface area contributed by atoms with Crippen molar-refractivity contribution in [1.29, 1.82) is 0 Å². The van der Waals surface area contributed by atoms with Gasteiger partial charge in [0.05, 0.1) is 5.69 Å². The first-order valence-corrected chi connectivity index (χ1v) is 6.92. The van der Waals surface area contributed by atoms with Crippen LogP contribution >= 0.6 is 0 Å². The molecule has 3 N–H and O–H groups in total. The summed E-state index contributed by atoms with van der Waals surface area (Å²) in [4.78, 5) is 25.4. The second-order valence-electron chi connectivity index (χ2n) is 4.36. The molecular weight excluding hydrogens is 258 g/mol. The molecule has 1 heterocycles.